The molecule has 0 aliphatic heterocycles. The Morgan fingerprint density at radius 3 is 2.25 bits per heavy atom. The van der Waals surface area contributed by atoms with E-state index >= 15 is 0 Å². The molecule has 0 unspecified atom stereocenters. The number of carbonyl (C=O) groups excluding carboxylic acids is 1. The number of anilines is 2. The molecule has 0 spiro atoms. The van der Waals surface area contributed by atoms with Crippen molar-refractivity contribution in [3.63, 3.8) is 0 Å². The summed E-state index contributed by atoms with van der Waals surface area (Å²) >= 11 is 0. The minimum Gasteiger partial charge on any atom is -0.401 e. The molecule has 6 nitrogen and oxygen atoms in total. The molecule has 0 saturated heterocycles. The number of allylic oxidation sites excluding steroid dienone is 1. The summed E-state index contributed by atoms with van der Waals surface area (Å²) in [5, 5.41) is 3.19. The molecule has 3 aromatic rings. The highest BCUT2D eigenvalue weighted by atomic mass is 19.1. The fraction of sp³-hybridized carbons (Fsp3) is 0.310. The molecule has 0 aliphatic rings. The maximum atomic E-state index is 13.8. The fourth-order valence-corrected chi connectivity index (χ4v) is 3.88. The summed E-state index contributed by atoms with van der Waals surface area (Å²) in [6.07, 6.45) is 4.05. The summed E-state index contributed by atoms with van der Waals surface area (Å²) in [7, 11) is 0. The van der Waals surface area contributed by atoms with E-state index in [9.17, 15) is 9.18 Å². The van der Waals surface area contributed by atoms with Crippen molar-refractivity contribution in [3.05, 3.63) is 102 Å². The molecule has 0 fully saturated rings. The van der Waals surface area contributed by atoms with E-state index in [1.807, 2.05) is 42.5 Å². The smallest absolute Gasteiger partial charge is 0.252 e. The van der Waals surface area contributed by atoms with Crippen LogP contribution in [0.3, 0.4) is 0 Å². The highest BCUT2D eigenvalue weighted by Crippen LogP contribution is 2.23. The summed E-state index contributed by atoms with van der Waals surface area (Å²) in [5.41, 5.74) is 8.44. The first-order valence-corrected chi connectivity index (χ1v) is 12.3. The van der Waals surface area contributed by atoms with Crippen LogP contribution in [0.15, 0.2) is 84.8 Å². The third-order valence-corrected chi connectivity index (χ3v) is 6.02. The van der Waals surface area contributed by atoms with Gasteiger partial charge in [0.15, 0.2) is 0 Å². The van der Waals surface area contributed by atoms with E-state index in [2.05, 4.69) is 29.0 Å². The molecule has 7 heteroatoms. The highest BCUT2D eigenvalue weighted by Gasteiger charge is 2.32. The van der Waals surface area contributed by atoms with Crippen LogP contribution < -0.4 is 20.9 Å². The number of aromatic nitrogens is 1. The first-order chi connectivity index (χ1) is 17.2. The number of nitrogens with two attached hydrogens (primary N) is 1. The van der Waals surface area contributed by atoms with Crippen molar-refractivity contribution in [1.29, 1.82) is 0 Å². The Morgan fingerprint density at radius 2 is 1.67 bits per heavy atom. The molecule has 0 radical (unpaired) electrons. The predicted octanol–water partition coefficient (Wildman–Crippen LogP) is 5.01. The summed E-state index contributed by atoms with van der Waals surface area (Å²) in [6, 6.07) is 19.8. The second kappa shape index (κ2) is 12.2. The number of hydrogen-bond donors (Lipinski definition) is 2. The lowest BCUT2D eigenvalue weighted by atomic mass is 10.0. The van der Waals surface area contributed by atoms with Crippen LogP contribution in [-0.4, -0.2) is 29.5 Å². The molecule has 3 N–H and O–H groups in total. The Labute approximate surface area is 213 Å². The van der Waals surface area contributed by atoms with Gasteiger partial charge in [0, 0.05) is 43.3 Å². The van der Waals surface area contributed by atoms with Crippen molar-refractivity contribution in [2.24, 2.45) is 5.73 Å². The van der Waals surface area contributed by atoms with Gasteiger partial charge in [-0.1, -0.05) is 36.4 Å². The van der Waals surface area contributed by atoms with Crippen LogP contribution in [-0.2, 0) is 17.8 Å². The number of rotatable bonds is 11. The van der Waals surface area contributed by atoms with Gasteiger partial charge in [0.25, 0.3) is 5.91 Å². The van der Waals surface area contributed by atoms with Gasteiger partial charge < -0.3 is 20.9 Å². The average molecular weight is 490 g/mol. The summed E-state index contributed by atoms with van der Waals surface area (Å²) < 4.78 is 13.6. The van der Waals surface area contributed by atoms with Crippen molar-refractivity contribution < 1.29 is 9.18 Å². The number of pyridine rings is 1. The molecule has 2 aromatic carbocycles. The van der Waals surface area contributed by atoms with Crippen LogP contribution in [0, 0.1) is 5.82 Å². The van der Waals surface area contributed by atoms with Gasteiger partial charge in [0.05, 0.1) is 6.54 Å². The summed E-state index contributed by atoms with van der Waals surface area (Å²) in [4.78, 5) is 22.2. The van der Waals surface area contributed by atoms with E-state index in [1.54, 1.807) is 43.3 Å². The number of amides is 1. The van der Waals surface area contributed by atoms with E-state index in [0.717, 1.165) is 30.0 Å². The third kappa shape index (κ3) is 7.07. The number of benzene rings is 2. The lowest BCUT2D eigenvalue weighted by Gasteiger charge is -2.33. The average Bonchev–Trinajstić information content (AvgIpc) is 2.88. The van der Waals surface area contributed by atoms with Crippen LogP contribution in [0.5, 0.6) is 0 Å². The van der Waals surface area contributed by atoms with Crippen molar-refractivity contribution in [1.82, 2.24) is 10.3 Å². The molecule has 36 heavy (non-hydrogen) atoms. The Morgan fingerprint density at radius 1 is 1.00 bits per heavy atom. The normalized spacial score (nSPS) is 11.8. The Bertz CT molecular complexity index is 1140. The number of hydrogen-bond acceptors (Lipinski definition) is 5. The number of halogens is 1. The zero-order valence-corrected chi connectivity index (χ0v) is 21.5. The number of carbonyl (C=O) groups is 1. The molecule has 0 aliphatic carbocycles. The monoisotopic (exact) mass is 489 g/mol. The van der Waals surface area contributed by atoms with Gasteiger partial charge >= 0.3 is 0 Å². The van der Waals surface area contributed by atoms with Gasteiger partial charge in [-0.2, -0.15) is 0 Å². The molecular formula is C29H36FN5O. The van der Waals surface area contributed by atoms with Crippen LogP contribution in [0.4, 0.5) is 15.9 Å². The van der Waals surface area contributed by atoms with Crippen LogP contribution >= 0.6 is 0 Å². The zero-order chi connectivity index (χ0) is 26.1. The minimum atomic E-state index is -0.968. The second-order valence-electron chi connectivity index (χ2n) is 9.22. The van der Waals surface area contributed by atoms with E-state index in [-0.39, 0.29) is 11.7 Å². The van der Waals surface area contributed by atoms with Crippen LogP contribution in [0.2, 0.25) is 0 Å². The summed E-state index contributed by atoms with van der Waals surface area (Å²) in [5.74, 6) is 0.362. The van der Waals surface area contributed by atoms with Crippen molar-refractivity contribution in [2.75, 3.05) is 22.9 Å². The molecule has 0 saturated carbocycles. The maximum absolute atomic E-state index is 13.8. The van der Waals surface area contributed by atoms with Gasteiger partial charge in [-0.15, -0.1) is 0 Å². The molecule has 3 rings (SSSR count). The topological polar surface area (TPSA) is 74.5 Å². The summed E-state index contributed by atoms with van der Waals surface area (Å²) in [6.45, 7) is 9.81. The first-order valence-electron chi connectivity index (χ1n) is 12.3. The number of nitrogens with one attached hydrogen (secondary N) is 1. The van der Waals surface area contributed by atoms with Crippen LogP contribution in [0.1, 0.15) is 38.8 Å². The molecule has 1 heterocycles. The van der Waals surface area contributed by atoms with Crippen molar-refractivity contribution in [2.45, 2.75) is 46.2 Å². The van der Waals surface area contributed by atoms with Gasteiger partial charge in [-0.25, -0.2) is 9.37 Å². The standard InChI is InChI=1S/C29H36FN5O/c1-5-34(6-2)27-17-12-23(19-32-27)21-35(26-15-13-24(30)14-16-26)28(36)29(3,4)33-20-25(31)18-22-10-8-7-9-11-22/h7-17,19-20,33H,5-6,18,21,31H2,1-4H3/b25-20-. The van der Waals surface area contributed by atoms with Crippen molar-refractivity contribution in [3.8, 4) is 0 Å². The minimum absolute atomic E-state index is 0.175. The molecule has 190 valence electrons. The maximum Gasteiger partial charge on any atom is 0.252 e. The van der Waals surface area contributed by atoms with E-state index < -0.39 is 5.54 Å². The molecule has 1 amide bonds. The second-order valence-corrected chi connectivity index (χ2v) is 9.22. The zero-order valence-electron chi connectivity index (χ0n) is 21.5. The Hall–Kier alpha value is -3.87. The Kier molecular flexibility index (Phi) is 9.06. The number of nitrogens with zero attached hydrogens (tertiary/aromatic N) is 3. The quantitative estimate of drug-likeness (QED) is 0.396. The van der Waals surface area contributed by atoms with Crippen molar-refractivity contribution >= 4 is 17.4 Å². The molecule has 0 bridgehead atoms. The highest BCUT2D eigenvalue weighted by molar-refractivity contribution is 5.99. The fourth-order valence-electron chi connectivity index (χ4n) is 3.88. The van der Waals surface area contributed by atoms with Gasteiger partial charge in [-0.05, 0) is 69.2 Å². The van der Waals surface area contributed by atoms with E-state index in [0.29, 0.717) is 24.4 Å². The molecular weight excluding hydrogens is 453 g/mol. The lowest BCUT2D eigenvalue weighted by Crippen LogP contribution is -2.52. The van der Waals surface area contributed by atoms with Gasteiger partial charge in [0.2, 0.25) is 0 Å². The SMILES string of the molecule is CCN(CC)c1ccc(CN(C(=O)C(C)(C)N/C=C(\N)Cc2ccccc2)c2ccc(F)cc2)cn1. The largest absolute Gasteiger partial charge is 0.401 e. The predicted molar refractivity (Wildman–Crippen MR) is 145 cm³/mol. The van der Waals surface area contributed by atoms with E-state index in [4.69, 9.17) is 5.73 Å². The van der Waals surface area contributed by atoms with E-state index in [1.165, 1.54) is 12.1 Å². The van der Waals surface area contributed by atoms with Gasteiger partial charge in [0.1, 0.15) is 17.2 Å². The van der Waals surface area contributed by atoms with Gasteiger partial charge in [-0.3, -0.25) is 4.79 Å². The lowest BCUT2D eigenvalue weighted by molar-refractivity contribution is -0.123. The third-order valence-electron chi connectivity index (χ3n) is 6.02. The molecule has 1 aromatic heterocycles. The Balaban J connectivity index is 1.81. The first kappa shape index (κ1) is 26.7. The molecule has 0 atom stereocenters. The van der Waals surface area contributed by atoms with Crippen LogP contribution in [0.25, 0.3) is 0 Å².